The predicted octanol–water partition coefficient (Wildman–Crippen LogP) is 7.80. The summed E-state index contributed by atoms with van der Waals surface area (Å²) in [5, 5.41) is 0. The molecule has 252 valence electrons. The SMILES string of the molecule is C=C(C)C(=O)OC(CC(=C)C(=O)OCCCCCCCCCCCCCCCCCC)CC(C[N+](C)(C)C)OP(=O)(O)O. The molecule has 2 unspecified atom stereocenters. The van der Waals surface area contributed by atoms with Gasteiger partial charge in [0.2, 0.25) is 0 Å². The molecule has 2 atom stereocenters. The van der Waals surface area contributed by atoms with Gasteiger partial charge in [-0.1, -0.05) is 116 Å². The number of phosphoric ester groups is 1. The average Bonchev–Trinajstić information content (AvgIpc) is 2.88. The number of phosphoric acid groups is 1. The van der Waals surface area contributed by atoms with Crippen LogP contribution < -0.4 is 0 Å². The van der Waals surface area contributed by atoms with E-state index in [2.05, 4.69) is 20.1 Å². The molecule has 2 N–H and O–H groups in total. The molecule has 0 bridgehead atoms. The van der Waals surface area contributed by atoms with Gasteiger partial charge in [0.05, 0.1) is 27.7 Å². The lowest BCUT2D eigenvalue weighted by molar-refractivity contribution is -0.873. The Balaban J connectivity index is 4.34. The van der Waals surface area contributed by atoms with Crippen LogP contribution in [0.2, 0.25) is 0 Å². The first-order chi connectivity index (χ1) is 20.1. The van der Waals surface area contributed by atoms with Gasteiger partial charge in [-0.15, -0.1) is 0 Å². The van der Waals surface area contributed by atoms with Crippen LogP contribution in [0.4, 0.5) is 0 Å². The molecule has 0 aromatic heterocycles. The first-order valence-electron chi connectivity index (χ1n) is 16.4. The highest BCUT2D eigenvalue weighted by Gasteiger charge is 2.32. The van der Waals surface area contributed by atoms with E-state index < -0.39 is 32.0 Å². The summed E-state index contributed by atoms with van der Waals surface area (Å²) in [5.74, 6) is -1.24. The number of unbranched alkanes of at least 4 members (excludes halogenated alkanes) is 15. The molecular weight excluding hydrogens is 569 g/mol. The van der Waals surface area contributed by atoms with Crippen molar-refractivity contribution in [2.75, 3.05) is 34.3 Å². The van der Waals surface area contributed by atoms with Gasteiger partial charge in [-0.05, 0) is 13.3 Å². The molecule has 9 nitrogen and oxygen atoms in total. The minimum Gasteiger partial charge on any atom is -0.462 e. The van der Waals surface area contributed by atoms with E-state index in [0.29, 0.717) is 4.48 Å². The van der Waals surface area contributed by atoms with Crippen molar-refractivity contribution in [3.63, 3.8) is 0 Å². The van der Waals surface area contributed by atoms with Crippen LogP contribution in [0.3, 0.4) is 0 Å². The Kier molecular flexibility index (Phi) is 23.0. The minimum atomic E-state index is -4.80. The van der Waals surface area contributed by atoms with Crippen LogP contribution in [0.25, 0.3) is 0 Å². The number of nitrogens with zero attached hydrogens (tertiary/aromatic N) is 1. The molecule has 43 heavy (non-hydrogen) atoms. The summed E-state index contributed by atoms with van der Waals surface area (Å²) in [6.07, 6.45) is 18.3. The zero-order valence-corrected chi connectivity index (χ0v) is 28.8. The number of quaternary nitrogens is 1. The second-order valence-electron chi connectivity index (χ2n) is 13.0. The standard InChI is InChI=1S/C33H62NO8P/c1-8-9-10-11-12-13-14-15-16-17-18-19-20-21-22-23-24-40-33(36)29(4)25-30(41-32(35)28(2)3)26-31(27-34(5,6)7)42-43(37,38)39/h30-31H,2,4,8-27H2,1,3,5-7H3,(H-,37,38,39)/p+1. The molecule has 0 rings (SSSR count). The molecule has 0 saturated carbocycles. The predicted molar refractivity (Wildman–Crippen MR) is 173 cm³/mol. The zero-order chi connectivity index (χ0) is 32.7. The van der Waals surface area contributed by atoms with Gasteiger partial charge in [0.1, 0.15) is 18.8 Å². The third-order valence-electron chi connectivity index (χ3n) is 7.18. The first-order valence-corrected chi connectivity index (χ1v) is 17.9. The topological polar surface area (TPSA) is 119 Å². The molecule has 0 heterocycles. The Hall–Kier alpha value is -1.51. The molecule has 10 heteroatoms. The fourth-order valence-corrected chi connectivity index (χ4v) is 5.49. The van der Waals surface area contributed by atoms with Crippen LogP contribution in [0.1, 0.15) is 129 Å². The van der Waals surface area contributed by atoms with Crippen LogP contribution in [-0.4, -0.2) is 72.7 Å². The fourth-order valence-electron chi connectivity index (χ4n) is 4.95. The van der Waals surface area contributed by atoms with Crippen molar-refractivity contribution in [2.24, 2.45) is 0 Å². The van der Waals surface area contributed by atoms with Gasteiger partial charge in [-0.3, -0.25) is 4.52 Å². The highest BCUT2D eigenvalue weighted by atomic mass is 31.2. The summed E-state index contributed by atoms with van der Waals surface area (Å²) in [6.45, 7) is 11.7. The maximum atomic E-state index is 12.6. The normalized spacial score (nSPS) is 13.4. The first kappa shape index (κ1) is 41.5. The third kappa shape index (κ3) is 26.6. The Morgan fingerprint density at radius 3 is 1.58 bits per heavy atom. The van der Waals surface area contributed by atoms with Gasteiger partial charge >= 0.3 is 19.8 Å². The average molecular weight is 633 g/mol. The Labute approximate surface area is 262 Å². The van der Waals surface area contributed by atoms with Gasteiger partial charge in [-0.2, -0.15) is 0 Å². The van der Waals surface area contributed by atoms with E-state index in [1.807, 2.05) is 21.1 Å². The largest absolute Gasteiger partial charge is 0.470 e. The number of likely N-dealkylation sites (N-methyl/N-ethyl adjacent to an activating group) is 1. The molecule has 0 spiro atoms. The minimum absolute atomic E-state index is 0.0366. The van der Waals surface area contributed by atoms with Gasteiger partial charge in [0.15, 0.2) is 0 Å². The van der Waals surface area contributed by atoms with E-state index in [-0.39, 0.29) is 37.1 Å². The van der Waals surface area contributed by atoms with Crippen LogP contribution in [0.5, 0.6) is 0 Å². The Morgan fingerprint density at radius 2 is 1.19 bits per heavy atom. The molecule has 0 radical (unpaired) electrons. The maximum Gasteiger partial charge on any atom is 0.470 e. The zero-order valence-electron chi connectivity index (χ0n) is 27.9. The molecule has 0 aromatic carbocycles. The lowest BCUT2D eigenvalue weighted by Crippen LogP contribution is -2.43. The number of hydrogen-bond donors (Lipinski definition) is 2. The number of carbonyl (C=O) groups excluding carboxylic acids is 2. The van der Waals surface area contributed by atoms with Crippen molar-refractivity contribution in [3.8, 4) is 0 Å². The molecule has 0 aromatic rings. The highest BCUT2D eigenvalue weighted by molar-refractivity contribution is 7.46. The third-order valence-corrected chi connectivity index (χ3v) is 7.75. The van der Waals surface area contributed by atoms with Crippen molar-refractivity contribution in [1.82, 2.24) is 0 Å². The van der Waals surface area contributed by atoms with Gasteiger partial charge in [0.25, 0.3) is 0 Å². The molecule has 0 fully saturated rings. The molecule has 0 aliphatic rings. The number of rotatable bonds is 28. The van der Waals surface area contributed by atoms with Gasteiger partial charge < -0.3 is 23.7 Å². The van der Waals surface area contributed by atoms with Gasteiger partial charge in [0, 0.05) is 24.0 Å². The van der Waals surface area contributed by atoms with E-state index >= 15 is 0 Å². The Bertz CT molecular complexity index is 848. The summed E-state index contributed by atoms with van der Waals surface area (Å²) >= 11 is 0. The summed E-state index contributed by atoms with van der Waals surface area (Å²) in [4.78, 5) is 43.6. The highest BCUT2D eigenvalue weighted by Crippen LogP contribution is 2.39. The Morgan fingerprint density at radius 1 is 0.744 bits per heavy atom. The summed E-state index contributed by atoms with van der Waals surface area (Å²) in [6, 6.07) is 0. The molecule has 0 aliphatic heterocycles. The van der Waals surface area contributed by atoms with Crippen molar-refractivity contribution >= 4 is 19.8 Å². The van der Waals surface area contributed by atoms with Crippen molar-refractivity contribution in [1.29, 1.82) is 0 Å². The van der Waals surface area contributed by atoms with Gasteiger partial charge in [-0.25, -0.2) is 14.2 Å². The van der Waals surface area contributed by atoms with E-state index in [9.17, 15) is 23.9 Å². The van der Waals surface area contributed by atoms with Crippen molar-refractivity contribution < 1.29 is 42.4 Å². The monoisotopic (exact) mass is 632 g/mol. The summed E-state index contributed by atoms with van der Waals surface area (Å²) < 4.78 is 27.8. The van der Waals surface area contributed by atoms with Crippen LogP contribution >= 0.6 is 7.82 Å². The number of ether oxygens (including phenoxy) is 2. The van der Waals surface area contributed by atoms with Crippen LogP contribution in [0.15, 0.2) is 24.3 Å². The van der Waals surface area contributed by atoms with E-state index in [4.69, 9.17) is 14.0 Å². The quantitative estimate of drug-likeness (QED) is 0.0295. The number of esters is 2. The summed E-state index contributed by atoms with van der Waals surface area (Å²) in [5.41, 5.74) is 0.289. The molecule has 0 amide bonds. The second kappa shape index (κ2) is 23.8. The smallest absolute Gasteiger partial charge is 0.462 e. The van der Waals surface area contributed by atoms with Crippen LogP contribution in [0, 0.1) is 0 Å². The summed E-state index contributed by atoms with van der Waals surface area (Å²) in [7, 11) is 0.746. The lowest BCUT2D eigenvalue weighted by atomic mass is 10.0. The number of carbonyl (C=O) groups is 2. The second-order valence-corrected chi connectivity index (χ2v) is 14.2. The van der Waals surface area contributed by atoms with Crippen LogP contribution in [-0.2, 0) is 28.2 Å². The van der Waals surface area contributed by atoms with E-state index in [0.717, 1.165) is 19.3 Å². The fraction of sp³-hybridized carbons (Fsp3) is 0.818. The van der Waals surface area contributed by atoms with E-state index in [1.54, 1.807) is 0 Å². The van der Waals surface area contributed by atoms with E-state index in [1.165, 1.54) is 90.4 Å². The van der Waals surface area contributed by atoms with Crippen molar-refractivity contribution in [3.05, 3.63) is 24.3 Å². The molecular formula is C33H63NO8P+. The lowest BCUT2D eigenvalue weighted by Gasteiger charge is -2.31. The maximum absolute atomic E-state index is 12.6. The molecule has 0 aliphatic carbocycles. The van der Waals surface area contributed by atoms with Crippen molar-refractivity contribution in [2.45, 2.75) is 142 Å². The number of hydrogen-bond acceptors (Lipinski definition) is 6. The molecule has 0 saturated heterocycles.